The van der Waals surface area contributed by atoms with E-state index in [0.29, 0.717) is 0 Å². The maximum absolute atomic E-state index is 12.9. The number of ketones is 1. The highest BCUT2D eigenvalue weighted by Gasteiger charge is 2.23. The van der Waals surface area contributed by atoms with Gasteiger partial charge in [0.1, 0.15) is 5.02 Å². The van der Waals surface area contributed by atoms with Gasteiger partial charge in [0.05, 0.1) is 16.5 Å². The average molecular weight is 467 g/mol. The molecule has 0 aliphatic heterocycles. The minimum Gasteiger partial charge on any atom is -0.452 e. The molecular formula is C24H19ClN2O6. The standard InChI is InChI=1S/C24H19ClN2O6/c1-15(16-7-3-2-4-8-16)26-22(28)14-33-24(30)19-10-6-5-9-18(19)23(29)17-11-12-20(25)21(13-17)27(31)32/h2-13,15H,14H2,1H3,(H,26,28)/t15-/m0/s1. The van der Waals surface area contributed by atoms with Crippen molar-refractivity contribution in [2.75, 3.05) is 6.61 Å². The third-order valence-corrected chi connectivity index (χ3v) is 5.13. The Labute approximate surface area is 194 Å². The Kier molecular flexibility index (Phi) is 7.53. The van der Waals surface area contributed by atoms with E-state index >= 15 is 0 Å². The van der Waals surface area contributed by atoms with E-state index in [4.69, 9.17) is 16.3 Å². The molecular weight excluding hydrogens is 448 g/mol. The summed E-state index contributed by atoms with van der Waals surface area (Å²) in [6.07, 6.45) is 0. The highest BCUT2D eigenvalue weighted by molar-refractivity contribution is 6.33. The lowest BCUT2D eigenvalue weighted by atomic mass is 9.98. The number of nitro benzene ring substituents is 1. The Bertz CT molecular complexity index is 1210. The molecule has 0 spiro atoms. The van der Waals surface area contributed by atoms with Crippen molar-refractivity contribution in [3.05, 3.63) is 110 Å². The second-order valence-corrected chi connectivity index (χ2v) is 7.48. The maximum atomic E-state index is 12.9. The third-order valence-electron chi connectivity index (χ3n) is 4.81. The van der Waals surface area contributed by atoms with Gasteiger partial charge in [-0.15, -0.1) is 0 Å². The van der Waals surface area contributed by atoms with Gasteiger partial charge in [-0.05, 0) is 30.7 Å². The van der Waals surface area contributed by atoms with Gasteiger partial charge >= 0.3 is 5.97 Å². The number of nitro groups is 1. The van der Waals surface area contributed by atoms with Crippen molar-refractivity contribution in [1.82, 2.24) is 5.32 Å². The van der Waals surface area contributed by atoms with Crippen LogP contribution in [0.25, 0.3) is 0 Å². The van der Waals surface area contributed by atoms with Gasteiger partial charge < -0.3 is 10.1 Å². The summed E-state index contributed by atoms with van der Waals surface area (Å²) in [5.74, 6) is -1.99. The number of nitrogens with zero attached hydrogens (tertiary/aromatic N) is 1. The Morgan fingerprint density at radius 2 is 1.64 bits per heavy atom. The molecule has 1 amide bonds. The van der Waals surface area contributed by atoms with E-state index in [9.17, 15) is 24.5 Å². The van der Waals surface area contributed by atoms with Gasteiger partial charge in [-0.25, -0.2) is 4.79 Å². The molecule has 0 saturated carbocycles. The third kappa shape index (κ3) is 5.81. The fourth-order valence-corrected chi connectivity index (χ4v) is 3.31. The van der Waals surface area contributed by atoms with Crippen LogP contribution in [0.3, 0.4) is 0 Å². The van der Waals surface area contributed by atoms with Crippen LogP contribution in [0.5, 0.6) is 0 Å². The molecule has 0 radical (unpaired) electrons. The van der Waals surface area contributed by atoms with Gasteiger partial charge in [-0.3, -0.25) is 19.7 Å². The normalized spacial score (nSPS) is 11.3. The summed E-state index contributed by atoms with van der Waals surface area (Å²) in [5, 5.41) is 13.7. The monoisotopic (exact) mass is 466 g/mol. The van der Waals surface area contributed by atoms with Crippen LogP contribution in [0.4, 0.5) is 5.69 Å². The van der Waals surface area contributed by atoms with Crippen molar-refractivity contribution in [2.24, 2.45) is 0 Å². The van der Waals surface area contributed by atoms with Crippen LogP contribution in [-0.4, -0.2) is 29.2 Å². The van der Waals surface area contributed by atoms with Gasteiger partial charge in [0, 0.05) is 17.2 Å². The zero-order valence-electron chi connectivity index (χ0n) is 17.5. The highest BCUT2D eigenvalue weighted by atomic mass is 35.5. The first-order valence-corrected chi connectivity index (χ1v) is 10.2. The summed E-state index contributed by atoms with van der Waals surface area (Å²) in [5.41, 5.74) is 0.374. The van der Waals surface area contributed by atoms with Gasteiger partial charge in [-0.2, -0.15) is 0 Å². The van der Waals surface area contributed by atoms with Crippen LogP contribution in [0, 0.1) is 10.1 Å². The number of amides is 1. The number of hydrogen-bond donors (Lipinski definition) is 1. The molecule has 3 rings (SSSR count). The van der Waals surface area contributed by atoms with Gasteiger partial charge in [0.2, 0.25) is 0 Å². The van der Waals surface area contributed by atoms with Crippen molar-refractivity contribution in [2.45, 2.75) is 13.0 Å². The molecule has 0 unspecified atom stereocenters. The molecule has 0 aromatic heterocycles. The summed E-state index contributed by atoms with van der Waals surface area (Å²) < 4.78 is 5.10. The number of carbonyl (C=O) groups excluding carboxylic acids is 3. The van der Waals surface area contributed by atoms with E-state index in [1.807, 2.05) is 30.3 Å². The molecule has 3 aromatic carbocycles. The Morgan fingerprint density at radius 1 is 1.00 bits per heavy atom. The lowest BCUT2D eigenvalue weighted by molar-refractivity contribution is -0.384. The number of rotatable bonds is 8. The number of esters is 1. The first kappa shape index (κ1) is 23.6. The minimum atomic E-state index is -0.870. The maximum Gasteiger partial charge on any atom is 0.339 e. The van der Waals surface area contributed by atoms with Crippen molar-refractivity contribution < 1.29 is 24.0 Å². The fourth-order valence-electron chi connectivity index (χ4n) is 3.13. The van der Waals surface area contributed by atoms with E-state index in [1.54, 1.807) is 13.0 Å². The lowest BCUT2D eigenvalue weighted by Crippen LogP contribution is -2.31. The molecule has 0 heterocycles. The van der Waals surface area contributed by atoms with Crippen LogP contribution in [0.15, 0.2) is 72.8 Å². The summed E-state index contributed by atoms with van der Waals surface area (Å²) >= 11 is 5.80. The van der Waals surface area contributed by atoms with Gasteiger partial charge in [-0.1, -0.05) is 60.1 Å². The van der Waals surface area contributed by atoms with E-state index in [2.05, 4.69) is 5.32 Å². The molecule has 8 nitrogen and oxygen atoms in total. The predicted octanol–water partition coefficient (Wildman–Crippen LogP) is 4.51. The molecule has 0 bridgehead atoms. The Balaban J connectivity index is 1.71. The average Bonchev–Trinajstić information content (AvgIpc) is 2.82. The van der Waals surface area contributed by atoms with Gasteiger partial charge in [0.25, 0.3) is 11.6 Å². The van der Waals surface area contributed by atoms with Gasteiger partial charge in [0.15, 0.2) is 12.4 Å². The van der Waals surface area contributed by atoms with Crippen LogP contribution in [-0.2, 0) is 9.53 Å². The molecule has 0 aliphatic rings. The van der Waals surface area contributed by atoms with Crippen molar-refractivity contribution in [3.63, 3.8) is 0 Å². The molecule has 3 aromatic rings. The van der Waals surface area contributed by atoms with E-state index in [-0.39, 0.29) is 27.8 Å². The van der Waals surface area contributed by atoms with Crippen molar-refractivity contribution >= 4 is 34.9 Å². The van der Waals surface area contributed by atoms with E-state index in [1.165, 1.54) is 30.3 Å². The second kappa shape index (κ2) is 10.5. The van der Waals surface area contributed by atoms with Crippen LogP contribution < -0.4 is 5.32 Å². The summed E-state index contributed by atoms with van der Waals surface area (Å²) in [6.45, 7) is 1.26. The fraction of sp³-hybridized carbons (Fsp3) is 0.125. The largest absolute Gasteiger partial charge is 0.452 e. The van der Waals surface area contributed by atoms with Crippen molar-refractivity contribution in [3.8, 4) is 0 Å². The zero-order valence-corrected chi connectivity index (χ0v) is 18.2. The first-order chi connectivity index (χ1) is 15.8. The number of carbonyl (C=O) groups is 3. The molecule has 168 valence electrons. The molecule has 33 heavy (non-hydrogen) atoms. The second-order valence-electron chi connectivity index (χ2n) is 7.07. The Morgan fingerprint density at radius 3 is 2.30 bits per heavy atom. The van der Waals surface area contributed by atoms with E-state index < -0.39 is 34.9 Å². The van der Waals surface area contributed by atoms with Crippen LogP contribution >= 0.6 is 11.6 Å². The number of halogens is 1. The molecule has 1 atom stereocenters. The van der Waals surface area contributed by atoms with Crippen molar-refractivity contribution in [1.29, 1.82) is 0 Å². The minimum absolute atomic E-state index is 0.0132. The lowest BCUT2D eigenvalue weighted by Gasteiger charge is -2.14. The summed E-state index contributed by atoms with van der Waals surface area (Å²) in [7, 11) is 0. The molecule has 9 heteroatoms. The number of hydrogen-bond acceptors (Lipinski definition) is 6. The molecule has 0 saturated heterocycles. The zero-order chi connectivity index (χ0) is 24.0. The number of nitrogens with one attached hydrogen (secondary N) is 1. The summed E-state index contributed by atoms with van der Waals surface area (Å²) in [6, 6.07) is 18.5. The smallest absolute Gasteiger partial charge is 0.339 e. The quantitative estimate of drug-likeness (QED) is 0.226. The molecule has 0 fully saturated rings. The molecule has 1 N–H and O–H groups in total. The highest BCUT2D eigenvalue weighted by Crippen LogP contribution is 2.27. The SMILES string of the molecule is C[C@H](NC(=O)COC(=O)c1ccccc1C(=O)c1ccc(Cl)c([N+](=O)[O-])c1)c1ccccc1. The summed E-state index contributed by atoms with van der Waals surface area (Å²) in [4.78, 5) is 48.2. The van der Waals surface area contributed by atoms with Crippen LogP contribution in [0.2, 0.25) is 5.02 Å². The first-order valence-electron chi connectivity index (χ1n) is 9.87. The topological polar surface area (TPSA) is 116 Å². The number of ether oxygens (including phenoxy) is 1. The van der Waals surface area contributed by atoms with E-state index in [0.717, 1.165) is 11.6 Å². The predicted molar refractivity (Wildman–Crippen MR) is 121 cm³/mol. The Hall–Kier alpha value is -4.04. The number of benzene rings is 3. The van der Waals surface area contributed by atoms with Crippen LogP contribution in [0.1, 0.15) is 44.8 Å². The molecule has 0 aliphatic carbocycles.